The summed E-state index contributed by atoms with van der Waals surface area (Å²) in [6, 6.07) is 14.1. The van der Waals surface area contributed by atoms with Gasteiger partial charge in [-0.25, -0.2) is 14.4 Å². The number of para-hydroxylation sites is 2. The Morgan fingerprint density at radius 3 is 2.37 bits per heavy atom. The summed E-state index contributed by atoms with van der Waals surface area (Å²) in [7, 11) is 0. The van der Waals surface area contributed by atoms with Gasteiger partial charge in [-0.05, 0) is 44.0 Å². The minimum atomic E-state index is -0.468. The van der Waals surface area contributed by atoms with E-state index in [2.05, 4.69) is 15.3 Å². The molecule has 0 bridgehead atoms. The van der Waals surface area contributed by atoms with Crippen molar-refractivity contribution in [3.05, 3.63) is 65.6 Å². The highest BCUT2D eigenvalue weighted by Crippen LogP contribution is 2.21. The van der Waals surface area contributed by atoms with E-state index in [4.69, 9.17) is 0 Å². The second-order valence-electron chi connectivity index (χ2n) is 6.84. The zero-order valence-corrected chi connectivity index (χ0v) is 15.2. The van der Waals surface area contributed by atoms with Gasteiger partial charge in [0.05, 0.1) is 22.3 Å². The smallest absolute Gasteiger partial charge is 0.256 e. The number of benzene rings is 2. The number of nitrogens with zero attached hydrogens (tertiary/aromatic N) is 3. The van der Waals surface area contributed by atoms with Crippen LogP contribution in [0.5, 0.6) is 0 Å². The van der Waals surface area contributed by atoms with E-state index < -0.39 is 5.82 Å². The Labute approximate surface area is 157 Å². The van der Waals surface area contributed by atoms with Crippen molar-refractivity contribution in [1.29, 1.82) is 0 Å². The van der Waals surface area contributed by atoms with Crippen molar-refractivity contribution in [3.63, 3.8) is 0 Å². The first kappa shape index (κ1) is 17.4. The van der Waals surface area contributed by atoms with Gasteiger partial charge in [-0.3, -0.25) is 4.79 Å². The van der Waals surface area contributed by atoms with Gasteiger partial charge < -0.3 is 10.2 Å². The quantitative estimate of drug-likeness (QED) is 0.768. The predicted octanol–water partition coefficient (Wildman–Crippen LogP) is 3.79. The van der Waals surface area contributed by atoms with Gasteiger partial charge in [0.1, 0.15) is 11.6 Å². The Kier molecular flexibility index (Phi) is 4.71. The number of hydrogen-bond donors (Lipinski definition) is 1. The van der Waals surface area contributed by atoms with Crippen molar-refractivity contribution in [1.82, 2.24) is 14.9 Å². The number of hydrogen-bond acceptors (Lipinski definition) is 4. The first-order valence-electron chi connectivity index (χ1n) is 9.15. The minimum absolute atomic E-state index is 0.139. The van der Waals surface area contributed by atoms with Crippen LogP contribution in [0.3, 0.4) is 0 Å². The molecule has 0 unspecified atom stereocenters. The highest BCUT2D eigenvalue weighted by Gasteiger charge is 2.25. The average Bonchev–Trinajstić information content (AvgIpc) is 2.69. The van der Waals surface area contributed by atoms with E-state index in [1.807, 2.05) is 31.2 Å². The summed E-state index contributed by atoms with van der Waals surface area (Å²) >= 11 is 0. The number of carbonyl (C=O) groups excluding carboxylic acids is 1. The van der Waals surface area contributed by atoms with Crippen LogP contribution >= 0.6 is 0 Å². The molecule has 5 nitrogen and oxygen atoms in total. The van der Waals surface area contributed by atoms with E-state index in [0.717, 1.165) is 35.4 Å². The van der Waals surface area contributed by atoms with E-state index in [1.165, 1.54) is 12.1 Å². The van der Waals surface area contributed by atoms with Crippen molar-refractivity contribution in [3.8, 4) is 0 Å². The number of piperidine rings is 1. The molecule has 6 heteroatoms. The molecule has 27 heavy (non-hydrogen) atoms. The molecular weight excluding hydrogens is 343 g/mol. The molecule has 1 amide bonds. The molecule has 138 valence electrons. The molecule has 1 fully saturated rings. The fourth-order valence-electron chi connectivity index (χ4n) is 3.45. The van der Waals surface area contributed by atoms with Gasteiger partial charge in [0.2, 0.25) is 0 Å². The lowest BCUT2D eigenvalue weighted by Crippen LogP contribution is -2.42. The number of nitrogens with one attached hydrogen (secondary N) is 1. The summed E-state index contributed by atoms with van der Waals surface area (Å²) in [6.07, 6.45) is 1.57. The summed E-state index contributed by atoms with van der Waals surface area (Å²) < 4.78 is 13.9. The second kappa shape index (κ2) is 7.31. The molecule has 1 aromatic heterocycles. The maximum atomic E-state index is 13.9. The van der Waals surface area contributed by atoms with E-state index in [0.29, 0.717) is 13.1 Å². The average molecular weight is 364 g/mol. The van der Waals surface area contributed by atoms with Crippen molar-refractivity contribution < 1.29 is 9.18 Å². The first-order chi connectivity index (χ1) is 13.1. The van der Waals surface area contributed by atoms with Crippen LogP contribution in [0, 0.1) is 12.7 Å². The van der Waals surface area contributed by atoms with Crippen LogP contribution in [0.4, 0.5) is 10.2 Å². The lowest BCUT2D eigenvalue weighted by molar-refractivity contribution is 0.0713. The van der Waals surface area contributed by atoms with E-state index >= 15 is 0 Å². The Morgan fingerprint density at radius 2 is 1.67 bits per heavy atom. The van der Waals surface area contributed by atoms with Crippen LogP contribution in [0.2, 0.25) is 0 Å². The van der Waals surface area contributed by atoms with Crippen molar-refractivity contribution in [2.24, 2.45) is 0 Å². The highest BCUT2D eigenvalue weighted by molar-refractivity contribution is 5.94. The summed E-state index contributed by atoms with van der Waals surface area (Å²) in [4.78, 5) is 23.5. The van der Waals surface area contributed by atoms with Crippen LogP contribution in [-0.2, 0) is 0 Å². The van der Waals surface area contributed by atoms with Crippen LogP contribution in [0.1, 0.15) is 28.9 Å². The van der Waals surface area contributed by atoms with E-state index in [-0.39, 0.29) is 17.5 Å². The molecule has 1 aliphatic heterocycles. The maximum absolute atomic E-state index is 13.9. The van der Waals surface area contributed by atoms with Gasteiger partial charge >= 0.3 is 0 Å². The second-order valence-corrected chi connectivity index (χ2v) is 6.84. The van der Waals surface area contributed by atoms with Crippen LogP contribution in [0.15, 0.2) is 48.5 Å². The van der Waals surface area contributed by atoms with Crippen molar-refractivity contribution in [2.75, 3.05) is 18.4 Å². The number of carbonyl (C=O) groups is 1. The third-order valence-corrected chi connectivity index (χ3v) is 4.97. The summed E-state index contributed by atoms with van der Waals surface area (Å²) in [5, 5.41) is 3.47. The third kappa shape index (κ3) is 3.60. The molecule has 4 rings (SSSR count). The molecule has 0 saturated carbocycles. The molecule has 1 saturated heterocycles. The van der Waals surface area contributed by atoms with Gasteiger partial charge in [0.25, 0.3) is 5.91 Å². The molecule has 0 spiro atoms. The number of halogens is 1. The lowest BCUT2D eigenvalue weighted by Gasteiger charge is -2.33. The minimum Gasteiger partial charge on any atom is -0.366 e. The Balaban J connectivity index is 1.42. The van der Waals surface area contributed by atoms with Gasteiger partial charge in [-0.15, -0.1) is 0 Å². The first-order valence-corrected chi connectivity index (χ1v) is 9.15. The summed E-state index contributed by atoms with van der Waals surface area (Å²) in [5.41, 5.74) is 2.74. The summed E-state index contributed by atoms with van der Waals surface area (Å²) in [6.45, 7) is 3.12. The van der Waals surface area contributed by atoms with E-state index in [9.17, 15) is 9.18 Å². The highest BCUT2D eigenvalue weighted by atomic mass is 19.1. The Hall–Kier alpha value is -3.02. The Bertz CT molecular complexity index is 983. The number of aromatic nitrogens is 2. The predicted molar refractivity (Wildman–Crippen MR) is 103 cm³/mol. The molecule has 0 atom stereocenters. The number of likely N-dealkylation sites (tertiary alicyclic amines) is 1. The van der Waals surface area contributed by atoms with Crippen molar-refractivity contribution in [2.45, 2.75) is 25.8 Å². The maximum Gasteiger partial charge on any atom is 0.256 e. The number of rotatable bonds is 3. The number of aryl methyl sites for hydroxylation is 1. The fourth-order valence-corrected chi connectivity index (χ4v) is 3.45. The topological polar surface area (TPSA) is 58.1 Å². The summed E-state index contributed by atoms with van der Waals surface area (Å²) in [5.74, 6) is 0.0746. The zero-order chi connectivity index (χ0) is 18.8. The zero-order valence-electron chi connectivity index (χ0n) is 15.2. The van der Waals surface area contributed by atoms with Crippen LogP contribution in [0.25, 0.3) is 11.0 Å². The van der Waals surface area contributed by atoms with Crippen LogP contribution < -0.4 is 5.32 Å². The Morgan fingerprint density at radius 1 is 1.04 bits per heavy atom. The molecule has 0 aliphatic carbocycles. The molecule has 1 aliphatic rings. The normalized spacial score (nSPS) is 15.1. The molecular formula is C21H21FN4O. The fraction of sp³-hybridized carbons (Fsp3) is 0.286. The number of anilines is 1. The van der Waals surface area contributed by atoms with Crippen LogP contribution in [-0.4, -0.2) is 39.9 Å². The number of fused-ring (bicyclic) bond motifs is 1. The van der Waals surface area contributed by atoms with Gasteiger partial charge in [-0.2, -0.15) is 0 Å². The van der Waals surface area contributed by atoms with Crippen molar-refractivity contribution >= 4 is 22.8 Å². The monoisotopic (exact) mass is 364 g/mol. The molecule has 0 radical (unpaired) electrons. The third-order valence-electron chi connectivity index (χ3n) is 4.97. The standard InChI is InChI=1S/C21H21FN4O/c1-14-20(25-19-9-5-4-8-18(19)23-14)24-15-10-12-26(13-11-15)21(27)16-6-2-3-7-17(16)22/h2-9,15H,10-13H2,1H3,(H,24,25). The van der Waals surface area contributed by atoms with Gasteiger partial charge in [0.15, 0.2) is 0 Å². The molecule has 1 N–H and O–H groups in total. The van der Waals surface area contributed by atoms with Gasteiger partial charge in [-0.1, -0.05) is 24.3 Å². The largest absolute Gasteiger partial charge is 0.366 e. The SMILES string of the molecule is Cc1nc2ccccc2nc1NC1CCN(C(=O)c2ccccc2F)CC1. The lowest BCUT2D eigenvalue weighted by atomic mass is 10.0. The van der Waals surface area contributed by atoms with Gasteiger partial charge in [0, 0.05) is 19.1 Å². The van der Waals surface area contributed by atoms with E-state index in [1.54, 1.807) is 17.0 Å². The molecule has 2 aromatic carbocycles. The molecule has 2 heterocycles. The number of amides is 1. The molecule has 3 aromatic rings.